The van der Waals surface area contributed by atoms with Crippen LogP contribution in [0.4, 0.5) is 11.4 Å². The minimum Gasteiger partial charge on any atom is -0.397 e. The summed E-state index contributed by atoms with van der Waals surface area (Å²) in [7, 11) is 5.27. The minimum atomic E-state index is -0.0649. The highest BCUT2D eigenvalue weighted by atomic mass is 16.2. The summed E-state index contributed by atoms with van der Waals surface area (Å²) < 4.78 is 0. The topological polar surface area (TPSA) is 73.4 Å². The molecule has 0 spiro atoms. The van der Waals surface area contributed by atoms with E-state index in [2.05, 4.69) is 6.07 Å². The van der Waals surface area contributed by atoms with Crippen LogP contribution in [-0.2, 0) is 0 Å². The Hall–Kier alpha value is -2.22. The van der Waals surface area contributed by atoms with Crippen LogP contribution in [0, 0.1) is 11.3 Å². The van der Waals surface area contributed by atoms with Crippen LogP contribution in [0.25, 0.3) is 0 Å². The van der Waals surface area contributed by atoms with Gasteiger partial charge in [0.15, 0.2) is 0 Å². The van der Waals surface area contributed by atoms with Gasteiger partial charge in [-0.25, -0.2) is 0 Å². The molecule has 0 aliphatic heterocycles. The molecule has 2 N–H and O–H groups in total. The lowest BCUT2D eigenvalue weighted by atomic mass is 10.1. The van der Waals surface area contributed by atoms with Crippen LogP contribution >= 0.6 is 0 Å². The first-order valence-corrected chi connectivity index (χ1v) is 5.66. The number of nitrogen functional groups attached to an aromatic ring is 1. The van der Waals surface area contributed by atoms with Crippen LogP contribution in [0.15, 0.2) is 18.2 Å². The molecule has 1 aromatic rings. The lowest BCUT2D eigenvalue weighted by molar-refractivity contribution is 0.0827. The molecule has 0 aliphatic carbocycles. The lowest BCUT2D eigenvalue weighted by Gasteiger charge is -2.21. The molecule has 18 heavy (non-hydrogen) atoms. The highest BCUT2D eigenvalue weighted by molar-refractivity contribution is 5.96. The maximum atomic E-state index is 11.9. The maximum absolute atomic E-state index is 11.9. The second-order valence-electron chi connectivity index (χ2n) is 4.30. The van der Waals surface area contributed by atoms with E-state index >= 15 is 0 Å². The number of nitriles is 1. The van der Waals surface area contributed by atoms with E-state index < -0.39 is 0 Å². The SMILES string of the molecule is CN(C)C(=O)c1ccc(N)c(N(C)CCC#N)c1. The fraction of sp³-hybridized carbons (Fsp3) is 0.385. The number of rotatable bonds is 4. The van der Waals surface area contributed by atoms with Crippen molar-refractivity contribution >= 4 is 17.3 Å². The van der Waals surface area contributed by atoms with Gasteiger partial charge >= 0.3 is 0 Å². The molecule has 0 saturated carbocycles. The first kappa shape index (κ1) is 13.8. The summed E-state index contributed by atoms with van der Waals surface area (Å²) in [4.78, 5) is 15.3. The number of hydrogen-bond acceptors (Lipinski definition) is 4. The molecule has 1 aromatic carbocycles. The first-order chi connectivity index (χ1) is 8.47. The summed E-state index contributed by atoms with van der Waals surface area (Å²) >= 11 is 0. The molecule has 1 amide bonds. The zero-order valence-corrected chi connectivity index (χ0v) is 11.0. The normalized spacial score (nSPS) is 9.67. The second kappa shape index (κ2) is 5.92. The molecule has 0 radical (unpaired) electrons. The molecule has 5 nitrogen and oxygen atoms in total. The molecule has 0 fully saturated rings. The monoisotopic (exact) mass is 246 g/mol. The molecular weight excluding hydrogens is 228 g/mol. The van der Waals surface area contributed by atoms with Crippen molar-refractivity contribution in [1.29, 1.82) is 5.26 Å². The number of anilines is 2. The van der Waals surface area contributed by atoms with E-state index in [1.165, 1.54) is 4.90 Å². The average molecular weight is 246 g/mol. The van der Waals surface area contributed by atoms with Gasteiger partial charge in [-0.15, -0.1) is 0 Å². The van der Waals surface area contributed by atoms with E-state index in [0.29, 0.717) is 24.2 Å². The van der Waals surface area contributed by atoms with Gasteiger partial charge in [0.25, 0.3) is 5.91 Å². The third kappa shape index (κ3) is 3.14. The van der Waals surface area contributed by atoms with E-state index in [-0.39, 0.29) is 5.91 Å². The number of hydrogen-bond donors (Lipinski definition) is 1. The molecule has 1 rings (SSSR count). The van der Waals surface area contributed by atoms with E-state index in [1.54, 1.807) is 32.3 Å². The summed E-state index contributed by atoms with van der Waals surface area (Å²) in [5.41, 5.74) is 7.86. The number of benzene rings is 1. The number of carbonyl (C=O) groups is 1. The molecule has 0 unspecified atom stereocenters. The van der Waals surface area contributed by atoms with Crippen molar-refractivity contribution in [2.75, 3.05) is 38.3 Å². The summed E-state index contributed by atoms with van der Waals surface area (Å²) in [5.74, 6) is -0.0649. The summed E-state index contributed by atoms with van der Waals surface area (Å²) in [6, 6.07) is 7.27. The highest BCUT2D eigenvalue weighted by Gasteiger charge is 2.12. The fourth-order valence-corrected chi connectivity index (χ4v) is 1.60. The Morgan fingerprint density at radius 3 is 2.61 bits per heavy atom. The van der Waals surface area contributed by atoms with Gasteiger partial charge < -0.3 is 15.5 Å². The number of carbonyl (C=O) groups excluding carboxylic acids is 1. The molecule has 0 saturated heterocycles. The van der Waals surface area contributed by atoms with Gasteiger partial charge in [0.2, 0.25) is 0 Å². The largest absolute Gasteiger partial charge is 0.397 e. The van der Waals surface area contributed by atoms with E-state index in [9.17, 15) is 4.79 Å². The summed E-state index contributed by atoms with van der Waals surface area (Å²) in [6.45, 7) is 0.584. The molecule has 0 atom stereocenters. The van der Waals surface area contributed by atoms with Crippen molar-refractivity contribution in [2.45, 2.75) is 6.42 Å². The zero-order valence-electron chi connectivity index (χ0n) is 11.0. The smallest absolute Gasteiger partial charge is 0.253 e. The van der Waals surface area contributed by atoms with Crippen LogP contribution in [0.1, 0.15) is 16.8 Å². The molecule has 5 heteroatoms. The minimum absolute atomic E-state index is 0.0649. The Balaban J connectivity index is 3.02. The van der Waals surface area contributed by atoms with Crippen LogP contribution in [-0.4, -0.2) is 38.5 Å². The Morgan fingerprint density at radius 1 is 1.39 bits per heavy atom. The van der Waals surface area contributed by atoms with Gasteiger partial charge in [0.05, 0.1) is 23.9 Å². The molecule has 0 aliphatic rings. The van der Waals surface area contributed by atoms with Crippen molar-refractivity contribution in [2.24, 2.45) is 0 Å². The Morgan fingerprint density at radius 2 is 2.06 bits per heavy atom. The predicted molar refractivity (Wildman–Crippen MR) is 72.4 cm³/mol. The molecule has 0 bridgehead atoms. The van der Waals surface area contributed by atoms with Gasteiger partial charge in [0.1, 0.15) is 0 Å². The third-order valence-corrected chi connectivity index (χ3v) is 2.65. The summed E-state index contributed by atoms with van der Waals surface area (Å²) in [5, 5.41) is 8.58. The van der Waals surface area contributed by atoms with E-state index in [0.717, 1.165) is 5.69 Å². The zero-order chi connectivity index (χ0) is 13.7. The number of nitrogens with two attached hydrogens (primary N) is 1. The van der Waals surface area contributed by atoms with Crippen LogP contribution in [0.2, 0.25) is 0 Å². The number of amides is 1. The average Bonchev–Trinajstić information content (AvgIpc) is 2.35. The molecule has 0 aromatic heterocycles. The Bertz CT molecular complexity index is 476. The Labute approximate surface area is 107 Å². The van der Waals surface area contributed by atoms with Gasteiger partial charge in [-0.2, -0.15) is 5.26 Å². The second-order valence-corrected chi connectivity index (χ2v) is 4.30. The van der Waals surface area contributed by atoms with Gasteiger partial charge in [-0.05, 0) is 18.2 Å². The van der Waals surface area contributed by atoms with Crippen molar-refractivity contribution < 1.29 is 4.79 Å². The van der Waals surface area contributed by atoms with Gasteiger partial charge in [0, 0.05) is 33.3 Å². The van der Waals surface area contributed by atoms with Crippen LogP contribution in [0.3, 0.4) is 0 Å². The van der Waals surface area contributed by atoms with Crippen molar-refractivity contribution in [3.63, 3.8) is 0 Å². The summed E-state index contributed by atoms with van der Waals surface area (Å²) in [6.07, 6.45) is 0.418. The molecule has 0 heterocycles. The first-order valence-electron chi connectivity index (χ1n) is 5.66. The quantitative estimate of drug-likeness (QED) is 0.813. The van der Waals surface area contributed by atoms with Crippen molar-refractivity contribution in [3.8, 4) is 6.07 Å². The van der Waals surface area contributed by atoms with Crippen LogP contribution in [0.5, 0.6) is 0 Å². The lowest BCUT2D eigenvalue weighted by Crippen LogP contribution is -2.23. The Kier molecular flexibility index (Phi) is 4.55. The molecule has 96 valence electrons. The highest BCUT2D eigenvalue weighted by Crippen LogP contribution is 2.24. The van der Waals surface area contributed by atoms with E-state index in [1.807, 2.05) is 11.9 Å². The van der Waals surface area contributed by atoms with Crippen molar-refractivity contribution in [3.05, 3.63) is 23.8 Å². The number of nitrogens with zero attached hydrogens (tertiary/aromatic N) is 3. The van der Waals surface area contributed by atoms with Gasteiger partial charge in [-0.3, -0.25) is 4.79 Å². The van der Waals surface area contributed by atoms with E-state index in [4.69, 9.17) is 11.0 Å². The third-order valence-electron chi connectivity index (χ3n) is 2.65. The van der Waals surface area contributed by atoms with Crippen LogP contribution < -0.4 is 10.6 Å². The fourth-order valence-electron chi connectivity index (χ4n) is 1.60. The van der Waals surface area contributed by atoms with Crippen molar-refractivity contribution in [1.82, 2.24) is 4.90 Å². The maximum Gasteiger partial charge on any atom is 0.253 e. The van der Waals surface area contributed by atoms with Gasteiger partial charge in [-0.1, -0.05) is 0 Å². The predicted octanol–water partition coefficient (Wildman–Crippen LogP) is 1.32. The molecular formula is C13H18N4O. The standard InChI is InChI=1S/C13H18N4O/c1-16(2)13(18)10-5-6-11(15)12(9-10)17(3)8-4-7-14/h5-6,9H,4,8,15H2,1-3H3.